The van der Waals surface area contributed by atoms with Gasteiger partial charge >= 0.3 is 0 Å². The van der Waals surface area contributed by atoms with Crippen LogP contribution in [0.3, 0.4) is 0 Å². The van der Waals surface area contributed by atoms with Crippen molar-refractivity contribution in [2.75, 3.05) is 0 Å². The molecule has 0 saturated carbocycles. The monoisotopic (exact) mass is 196 g/mol. The standard InChI is InChI=1S/C10H16N2S/c1-7(2)13-10-5-4-9(6-12-10)8(3)11/h4-8H,11H2,1-3H3/t8-/m0/s1. The van der Waals surface area contributed by atoms with Crippen LogP contribution in [-0.4, -0.2) is 10.2 Å². The maximum atomic E-state index is 5.72. The van der Waals surface area contributed by atoms with Crippen molar-refractivity contribution in [3.05, 3.63) is 23.9 Å². The average molecular weight is 196 g/mol. The third kappa shape index (κ3) is 3.36. The molecule has 0 aromatic carbocycles. The van der Waals surface area contributed by atoms with Crippen molar-refractivity contribution in [3.63, 3.8) is 0 Å². The molecule has 0 fully saturated rings. The second-order valence-corrected chi connectivity index (χ2v) is 4.98. The minimum atomic E-state index is 0.0746. The van der Waals surface area contributed by atoms with E-state index >= 15 is 0 Å². The Balaban J connectivity index is 2.70. The molecule has 0 aliphatic carbocycles. The first-order valence-electron chi connectivity index (χ1n) is 4.48. The van der Waals surface area contributed by atoms with E-state index in [1.165, 1.54) is 0 Å². The maximum absolute atomic E-state index is 5.72. The highest BCUT2D eigenvalue weighted by Gasteiger charge is 2.02. The van der Waals surface area contributed by atoms with E-state index in [1.54, 1.807) is 11.8 Å². The summed E-state index contributed by atoms with van der Waals surface area (Å²) >= 11 is 1.77. The molecule has 1 rings (SSSR count). The van der Waals surface area contributed by atoms with Gasteiger partial charge in [-0.15, -0.1) is 11.8 Å². The Morgan fingerprint density at radius 3 is 2.38 bits per heavy atom. The molecule has 0 radical (unpaired) electrons. The van der Waals surface area contributed by atoms with E-state index in [2.05, 4.69) is 18.8 Å². The Labute approximate surface area is 83.9 Å². The second-order valence-electron chi connectivity index (χ2n) is 3.39. The molecule has 13 heavy (non-hydrogen) atoms. The van der Waals surface area contributed by atoms with Crippen LogP contribution in [0.4, 0.5) is 0 Å². The van der Waals surface area contributed by atoms with Crippen LogP contribution in [0, 0.1) is 0 Å². The largest absolute Gasteiger partial charge is 0.324 e. The lowest BCUT2D eigenvalue weighted by Gasteiger charge is -2.07. The predicted molar refractivity (Wildman–Crippen MR) is 57.8 cm³/mol. The first kappa shape index (κ1) is 10.5. The molecule has 0 bridgehead atoms. The molecule has 0 spiro atoms. The Kier molecular flexibility index (Phi) is 3.75. The van der Waals surface area contributed by atoms with Gasteiger partial charge in [0.1, 0.15) is 0 Å². The van der Waals surface area contributed by atoms with Gasteiger partial charge in [-0.2, -0.15) is 0 Å². The molecule has 1 aromatic rings. The van der Waals surface area contributed by atoms with Gasteiger partial charge in [-0.05, 0) is 18.6 Å². The van der Waals surface area contributed by atoms with E-state index in [9.17, 15) is 0 Å². The highest BCUT2D eigenvalue weighted by Crippen LogP contribution is 2.21. The van der Waals surface area contributed by atoms with Crippen LogP contribution in [0.1, 0.15) is 32.4 Å². The molecule has 0 aliphatic rings. The Hall–Kier alpha value is -0.540. The number of nitrogens with zero attached hydrogens (tertiary/aromatic N) is 1. The van der Waals surface area contributed by atoms with Crippen LogP contribution in [-0.2, 0) is 0 Å². The zero-order chi connectivity index (χ0) is 9.84. The molecule has 2 nitrogen and oxygen atoms in total. The van der Waals surface area contributed by atoms with Crippen molar-refractivity contribution < 1.29 is 0 Å². The van der Waals surface area contributed by atoms with Crippen LogP contribution in [0.2, 0.25) is 0 Å². The number of hydrogen-bond acceptors (Lipinski definition) is 3. The molecule has 0 aliphatic heterocycles. The zero-order valence-corrected chi connectivity index (χ0v) is 9.14. The Morgan fingerprint density at radius 1 is 1.31 bits per heavy atom. The van der Waals surface area contributed by atoms with Gasteiger partial charge in [-0.3, -0.25) is 0 Å². The molecule has 1 heterocycles. The number of pyridine rings is 1. The van der Waals surface area contributed by atoms with Crippen molar-refractivity contribution in [2.24, 2.45) is 5.73 Å². The number of nitrogens with two attached hydrogens (primary N) is 1. The molecule has 3 heteroatoms. The lowest BCUT2D eigenvalue weighted by molar-refractivity contribution is 0.806. The molecule has 72 valence electrons. The van der Waals surface area contributed by atoms with E-state index in [0.717, 1.165) is 10.6 Å². The molecular weight excluding hydrogens is 180 g/mol. The fraction of sp³-hybridized carbons (Fsp3) is 0.500. The van der Waals surface area contributed by atoms with E-state index in [4.69, 9.17) is 5.73 Å². The van der Waals surface area contributed by atoms with Crippen molar-refractivity contribution in [2.45, 2.75) is 37.1 Å². The molecule has 1 aromatic heterocycles. The minimum Gasteiger partial charge on any atom is -0.324 e. The van der Waals surface area contributed by atoms with Crippen molar-refractivity contribution in [1.29, 1.82) is 0 Å². The van der Waals surface area contributed by atoms with Gasteiger partial charge < -0.3 is 5.73 Å². The summed E-state index contributed by atoms with van der Waals surface area (Å²) in [4.78, 5) is 4.32. The molecular formula is C10H16N2S. The predicted octanol–water partition coefficient (Wildman–Crippen LogP) is 2.60. The summed E-state index contributed by atoms with van der Waals surface area (Å²) in [6.07, 6.45) is 1.86. The highest BCUT2D eigenvalue weighted by molar-refractivity contribution is 7.99. The van der Waals surface area contributed by atoms with E-state index in [-0.39, 0.29) is 6.04 Å². The third-order valence-electron chi connectivity index (χ3n) is 1.64. The SMILES string of the molecule is CC(C)Sc1ccc([C@H](C)N)cn1. The lowest BCUT2D eigenvalue weighted by Crippen LogP contribution is -2.05. The first-order chi connectivity index (χ1) is 6.09. The van der Waals surface area contributed by atoms with Crippen LogP contribution >= 0.6 is 11.8 Å². The van der Waals surface area contributed by atoms with E-state index in [1.807, 2.05) is 25.3 Å². The van der Waals surface area contributed by atoms with Gasteiger partial charge in [0.25, 0.3) is 0 Å². The number of aromatic nitrogens is 1. The van der Waals surface area contributed by atoms with Crippen LogP contribution < -0.4 is 5.73 Å². The molecule has 0 unspecified atom stereocenters. The van der Waals surface area contributed by atoms with Crippen LogP contribution in [0.25, 0.3) is 0 Å². The molecule has 1 atom stereocenters. The van der Waals surface area contributed by atoms with Crippen molar-refractivity contribution >= 4 is 11.8 Å². The summed E-state index contributed by atoms with van der Waals surface area (Å²) in [5, 5.41) is 1.65. The summed E-state index contributed by atoms with van der Waals surface area (Å²) in [5.41, 5.74) is 6.81. The van der Waals surface area contributed by atoms with Crippen molar-refractivity contribution in [1.82, 2.24) is 4.98 Å². The number of rotatable bonds is 3. The molecule has 0 amide bonds. The normalized spacial score (nSPS) is 13.3. The van der Waals surface area contributed by atoms with Gasteiger partial charge in [0.2, 0.25) is 0 Å². The first-order valence-corrected chi connectivity index (χ1v) is 5.35. The van der Waals surface area contributed by atoms with Gasteiger partial charge in [-0.1, -0.05) is 19.9 Å². The quantitative estimate of drug-likeness (QED) is 0.755. The van der Waals surface area contributed by atoms with Crippen LogP contribution in [0.5, 0.6) is 0 Å². The van der Waals surface area contributed by atoms with Gasteiger partial charge in [0.15, 0.2) is 0 Å². The smallest absolute Gasteiger partial charge is 0.0962 e. The Morgan fingerprint density at radius 2 is 2.00 bits per heavy atom. The fourth-order valence-corrected chi connectivity index (χ4v) is 1.72. The number of hydrogen-bond donors (Lipinski definition) is 1. The fourth-order valence-electron chi connectivity index (χ4n) is 0.972. The highest BCUT2D eigenvalue weighted by atomic mass is 32.2. The summed E-state index contributed by atoms with van der Waals surface area (Å²) < 4.78 is 0. The molecule has 2 N–H and O–H groups in total. The Bertz CT molecular complexity index is 254. The van der Waals surface area contributed by atoms with E-state index < -0.39 is 0 Å². The van der Waals surface area contributed by atoms with E-state index in [0.29, 0.717) is 5.25 Å². The summed E-state index contributed by atoms with van der Waals surface area (Å²) in [5.74, 6) is 0. The van der Waals surface area contributed by atoms with Crippen LogP contribution in [0.15, 0.2) is 23.4 Å². The topological polar surface area (TPSA) is 38.9 Å². The van der Waals surface area contributed by atoms with Crippen molar-refractivity contribution in [3.8, 4) is 0 Å². The van der Waals surface area contributed by atoms with Gasteiger partial charge in [0.05, 0.1) is 5.03 Å². The lowest BCUT2D eigenvalue weighted by atomic mass is 10.2. The summed E-state index contributed by atoms with van der Waals surface area (Å²) in [6, 6.07) is 4.15. The third-order valence-corrected chi connectivity index (χ3v) is 2.60. The summed E-state index contributed by atoms with van der Waals surface area (Å²) in [7, 11) is 0. The number of thioether (sulfide) groups is 1. The summed E-state index contributed by atoms with van der Waals surface area (Å²) in [6.45, 7) is 6.28. The maximum Gasteiger partial charge on any atom is 0.0962 e. The molecule has 0 saturated heterocycles. The second kappa shape index (κ2) is 4.63. The average Bonchev–Trinajstić information content (AvgIpc) is 2.04. The van der Waals surface area contributed by atoms with Gasteiger partial charge in [0, 0.05) is 17.5 Å². The zero-order valence-electron chi connectivity index (χ0n) is 8.32. The van der Waals surface area contributed by atoms with Gasteiger partial charge in [-0.25, -0.2) is 4.98 Å². The minimum absolute atomic E-state index is 0.0746.